The van der Waals surface area contributed by atoms with Gasteiger partial charge in [0.15, 0.2) is 5.13 Å². The Morgan fingerprint density at radius 1 is 1.13 bits per heavy atom. The summed E-state index contributed by atoms with van der Waals surface area (Å²) in [5.74, 6) is -1.72. The van der Waals surface area contributed by atoms with Crippen LogP contribution in [0.1, 0.15) is 10.5 Å². The summed E-state index contributed by atoms with van der Waals surface area (Å²) >= 11 is 7.46. The molecule has 0 saturated carbocycles. The van der Waals surface area contributed by atoms with E-state index in [4.69, 9.17) is 11.6 Å². The molecule has 0 radical (unpaired) electrons. The fourth-order valence-electron chi connectivity index (χ4n) is 2.98. The van der Waals surface area contributed by atoms with Gasteiger partial charge in [-0.2, -0.15) is 0 Å². The zero-order chi connectivity index (χ0) is 19.7. The third-order valence-electron chi connectivity index (χ3n) is 4.20. The molecule has 2 aromatic carbocycles. The van der Waals surface area contributed by atoms with Crippen molar-refractivity contribution in [2.75, 3.05) is 5.32 Å². The molecule has 30 heavy (non-hydrogen) atoms. The van der Waals surface area contributed by atoms with Crippen molar-refractivity contribution in [2.45, 2.75) is 6.54 Å². The van der Waals surface area contributed by atoms with Crippen LogP contribution in [0.15, 0.2) is 60.0 Å². The Morgan fingerprint density at radius 3 is 2.57 bits per heavy atom. The fraction of sp³-hybridized carbons (Fsp3) is 0.0500. The van der Waals surface area contributed by atoms with Gasteiger partial charge in [0.05, 0.1) is 18.2 Å². The van der Waals surface area contributed by atoms with E-state index in [0.29, 0.717) is 21.4 Å². The average Bonchev–Trinajstić information content (AvgIpc) is 3.27. The zero-order valence-electron chi connectivity index (χ0n) is 15.9. The van der Waals surface area contributed by atoms with Crippen molar-refractivity contribution in [1.82, 2.24) is 9.55 Å². The van der Waals surface area contributed by atoms with Crippen molar-refractivity contribution in [3.05, 3.63) is 70.7 Å². The third-order valence-corrected chi connectivity index (χ3v) is 5.29. The van der Waals surface area contributed by atoms with Crippen LogP contribution >= 0.6 is 22.9 Å². The molecule has 0 bridgehead atoms. The summed E-state index contributed by atoms with van der Waals surface area (Å²) in [6.45, 7) is -0.418. The molecule has 10 heteroatoms. The summed E-state index contributed by atoms with van der Waals surface area (Å²) in [6.07, 6.45) is 0. The molecule has 0 aliphatic heterocycles. The molecule has 0 saturated heterocycles. The van der Waals surface area contributed by atoms with Gasteiger partial charge in [-0.3, -0.25) is 10.1 Å². The maximum Gasteiger partial charge on any atom is 1.00 e. The molecular weight excluding hydrogens is 453 g/mol. The van der Waals surface area contributed by atoms with Gasteiger partial charge in [-0.25, -0.2) is 4.98 Å². The molecule has 1 amide bonds. The zero-order valence-corrected chi connectivity index (χ0v) is 20.6. The number of aromatic nitrogens is 2. The third kappa shape index (κ3) is 5.18. The number of hydrogen-bond donors (Lipinski definition) is 1. The first-order chi connectivity index (χ1) is 13.5. The second-order valence-corrected chi connectivity index (χ2v) is 7.28. The number of halogens is 1. The average molecular weight is 468 g/mol. The monoisotopic (exact) mass is 467 g/mol. The van der Waals surface area contributed by atoms with E-state index in [1.54, 1.807) is 29.6 Å². The van der Waals surface area contributed by atoms with Gasteiger partial charge in [-0.1, -0.05) is 48.0 Å². The number of rotatable bonds is 5. The molecule has 0 atom stereocenters. The van der Waals surface area contributed by atoms with Crippen LogP contribution < -0.4 is 61.8 Å². The van der Waals surface area contributed by atoms with E-state index >= 15 is 0 Å². The largest absolute Gasteiger partial charge is 1.00 e. The van der Waals surface area contributed by atoms with Crippen molar-refractivity contribution in [3.8, 4) is 11.3 Å². The number of aliphatic carboxylic acids is 1. The minimum atomic E-state index is -1.27. The van der Waals surface area contributed by atoms with Gasteiger partial charge < -0.3 is 19.9 Å². The molecule has 4 rings (SSSR count). The van der Waals surface area contributed by atoms with Gasteiger partial charge in [0.1, 0.15) is 5.69 Å². The molecule has 0 aliphatic rings. The Balaban J connectivity index is 0.00000160. The minimum absolute atomic E-state index is 0. The Bertz CT molecular complexity index is 1210. The fourth-order valence-corrected chi connectivity index (χ4v) is 3.92. The number of hydrogen-bond acceptors (Lipinski definition) is 5. The number of amides is 1. The minimum Gasteiger partial charge on any atom is -0.548 e. The van der Waals surface area contributed by atoms with E-state index in [-0.39, 0.29) is 62.6 Å². The summed E-state index contributed by atoms with van der Waals surface area (Å²) in [5, 5.41) is 17.4. The van der Waals surface area contributed by atoms with E-state index in [0.717, 1.165) is 10.9 Å². The molecule has 0 spiro atoms. The van der Waals surface area contributed by atoms with Gasteiger partial charge in [0.25, 0.3) is 5.91 Å². The number of benzene rings is 2. The van der Waals surface area contributed by atoms with Crippen LogP contribution in [0, 0.1) is 0 Å². The smallest absolute Gasteiger partial charge is 0.548 e. The van der Waals surface area contributed by atoms with Crippen molar-refractivity contribution < 1.29 is 71.6 Å². The molecule has 0 unspecified atom stereocenters. The number of carbonyl (C=O) groups excluding carboxylic acids is 2. The van der Waals surface area contributed by atoms with Crippen molar-refractivity contribution >= 4 is 50.8 Å². The normalized spacial score (nSPS) is 10.2. The van der Waals surface area contributed by atoms with E-state index in [1.165, 1.54) is 15.9 Å². The summed E-state index contributed by atoms with van der Waals surface area (Å²) < 4.78 is 1.42. The first-order valence-electron chi connectivity index (χ1n) is 8.33. The Labute approximate surface area is 223 Å². The first kappa shape index (κ1) is 24.7. The van der Waals surface area contributed by atoms with Crippen molar-refractivity contribution in [3.63, 3.8) is 0 Å². The van der Waals surface area contributed by atoms with Gasteiger partial charge in [-0.15, -0.1) is 11.3 Å². The molecule has 148 valence electrons. The number of nitrogens with one attached hydrogen (secondary N) is 1. The van der Waals surface area contributed by atoms with Gasteiger partial charge in [0.2, 0.25) is 0 Å². The number of carbonyl (C=O) groups is 2. The Hall–Kier alpha value is -1.56. The Morgan fingerprint density at radius 2 is 1.83 bits per heavy atom. The molecule has 2 heterocycles. The number of para-hydroxylation sites is 1. The van der Waals surface area contributed by atoms with E-state index in [2.05, 4.69) is 10.3 Å². The van der Waals surface area contributed by atoms with Crippen molar-refractivity contribution in [2.24, 2.45) is 0 Å². The molecule has 2 aromatic heterocycles. The van der Waals surface area contributed by atoms with Crippen LogP contribution in [0.25, 0.3) is 22.2 Å². The maximum absolute atomic E-state index is 12.8. The number of carboxylic acid groups (broad SMARTS) is 1. The van der Waals surface area contributed by atoms with E-state index in [9.17, 15) is 14.7 Å². The standard InChI is InChI=1S/C20H14ClN3O3S.K.H2O/c21-14-7-3-2-6-13(14)15-11-28-20(22-15)23-19(27)17-9-12-5-1-4-8-16(12)24(17)10-18(25)26;;/h1-9,11H,10H2,(H,25,26)(H,22,23,27);;1H2/q;+1;/p-1. The van der Waals surface area contributed by atoms with Gasteiger partial charge in [-0.05, 0) is 18.2 Å². The molecule has 7 nitrogen and oxygen atoms in total. The van der Waals surface area contributed by atoms with Crippen LogP contribution in [-0.2, 0) is 11.3 Å². The van der Waals surface area contributed by atoms with E-state index in [1.807, 2.05) is 30.3 Å². The molecule has 3 N–H and O–H groups in total. The van der Waals surface area contributed by atoms with Crippen LogP contribution in [0.3, 0.4) is 0 Å². The Kier molecular flexibility index (Phi) is 8.77. The second kappa shape index (κ2) is 10.6. The summed E-state index contributed by atoms with van der Waals surface area (Å²) in [6, 6.07) is 16.1. The van der Waals surface area contributed by atoms with Crippen molar-refractivity contribution in [1.29, 1.82) is 0 Å². The number of nitrogens with zero attached hydrogens (tertiary/aromatic N) is 2. The predicted octanol–water partition coefficient (Wildman–Crippen LogP) is -0.400. The molecule has 0 aliphatic carbocycles. The molecule has 0 fully saturated rings. The maximum atomic E-state index is 12.8. The topological polar surface area (TPSA) is 119 Å². The van der Waals surface area contributed by atoms with Crippen LogP contribution in [0.5, 0.6) is 0 Å². The van der Waals surface area contributed by atoms with Crippen LogP contribution in [-0.4, -0.2) is 26.9 Å². The predicted molar refractivity (Wildman–Crippen MR) is 111 cm³/mol. The molecule has 4 aromatic rings. The number of carboxylic acids is 1. The van der Waals surface area contributed by atoms with Gasteiger partial charge in [0, 0.05) is 26.9 Å². The van der Waals surface area contributed by atoms with Crippen LogP contribution in [0.4, 0.5) is 5.13 Å². The van der Waals surface area contributed by atoms with Crippen LogP contribution in [0.2, 0.25) is 5.02 Å². The number of fused-ring (bicyclic) bond motifs is 1. The quantitative estimate of drug-likeness (QED) is 0.402. The summed E-state index contributed by atoms with van der Waals surface area (Å²) in [5.41, 5.74) is 2.29. The second-order valence-electron chi connectivity index (χ2n) is 6.02. The molecular formula is C20H15ClKN3O4S. The first-order valence-corrected chi connectivity index (χ1v) is 9.58. The number of thiazole rings is 1. The summed E-state index contributed by atoms with van der Waals surface area (Å²) in [7, 11) is 0. The van der Waals surface area contributed by atoms with Gasteiger partial charge >= 0.3 is 51.4 Å². The SMILES string of the molecule is O.O=C([O-])Cn1c(C(=O)Nc2nc(-c3ccccc3Cl)cs2)cc2ccccc21.[K+]. The number of anilines is 1. The summed E-state index contributed by atoms with van der Waals surface area (Å²) in [4.78, 5) is 28.4. The van der Waals surface area contributed by atoms with E-state index < -0.39 is 18.4 Å².